The number of nitro groups is 1. The van der Waals surface area contributed by atoms with Crippen molar-refractivity contribution in [1.29, 1.82) is 0 Å². The summed E-state index contributed by atoms with van der Waals surface area (Å²) < 4.78 is 1.10. The number of hydrogen-bond acceptors (Lipinski definition) is 4. The predicted octanol–water partition coefficient (Wildman–Crippen LogP) is 4.02. The third kappa shape index (κ3) is 3.62. The van der Waals surface area contributed by atoms with Gasteiger partial charge in [0.15, 0.2) is 0 Å². The Kier molecular flexibility index (Phi) is 4.68. The van der Waals surface area contributed by atoms with Gasteiger partial charge in [0.05, 0.1) is 4.92 Å². The van der Waals surface area contributed by atoms with Crippen LogP contribution in [-0.4, -0.2) is 4.92 Å². The normalized spacial score (nSPS) is 10.6. The van der Waals surface area contributed by atoms with Crippen molar-refractivity contribution in [1.82, 2.24) is 5.32 Å². The van der Waals surface area contributed by atoms with Crippen LogP contribution in [0.3, 0.4) is 0 Å². The number of rotatable bonds is 5. The quantitative estimate of drug-likeness (QED) is 0.660. The van der Waals surface area contributed by atoms with Gasteiger partial charge in [-0.2, -0.15) is 0 Å². The van der Waals surface area contributed by atoms with Crippen molar-refractivity contribution < 1.29 is 4.92 Å². The van der Waals surface area contributed by atoms with Crippen molar-refractivity contribution in [2.45, 2.75) is 20.0 Å². The highest BCUT2D eigenvalue weighted by Gasteiger charge is 2.10. The molecule has 19 heavy (non-hydrogen) atoms. The maximum Gasteiger partial charge on any atom is 0.272 e. The predicted molar refractivity (Wildman–Crippen MR) is 80.4 cm³/mol. The lowest BCUT2D eigenvalue weighted by Crippen LogP contribution is -2.12. The van der Waals surface area contributed by atoms with Gasteiger partial charge in [0.1, 0.15) is 0 Å². The SMILES string of the molecule is Cc1ccc(CNCc2sccc2Br)cc1[N+](=O)[O-]. The zero-order valence-electron chi connectivity index (χ0n) is 10.4. The van der Waals surface area contributed by atoms with Gasteiger partial charge in [0.25, 0.3) is 5.69 Å². The van der Waals surface area contributed by atoms with Crippen LogP contribution in [0.25, 0.3) is 0 Å². The number of thiophene rings is 1. The summed E-state index contributed by atoms with van der Waals surface area (Å²) in [7, 11) is 0. The summed E-state index contributed by atoms with van der Waals surface area (Å²) >= 11 is 5.15. The first-order chi connectivity index (χ1) is 9.08. The van der Waals surface area contributed by atoms with Gasteiger partial charge in [0.2, 0.25) is 0 Å². The van der Waals surface area contributed by atoms with Crippen LogP contribution in [0.4, 0.5) is 5.69 Å². The Morgan fingerprint density at radius 3 is 2.79 bits per heavy atom. The standard InChI is InChI=1S/C13H13BrN2O2S/c1-9-2-3-10(6-12(9)16(17)18)7-15-8-13-11(14)4-5-19-13/h2-6,15H,7-8H2,1H3. The van der Waals surface area contributed by atoms with E-state index in [2.05, 4.69) is 21.2 Å². The number of benzene rings is 1. The van der Waals surface area contributed by atoms with Gasteiger partial charge in [-0.25, -0.2) is 0 Å². The van der Waals surface area contributed by atoms with Crippen LogP contribution >= 0.6 is 27.3 Å². The molecule has 4 nitrogen and oxygen atoms in total. The Bertz CT molecular complexity index is 598. The fourth-order valence-electron chi connectivity index (χ4n) is 1.73. The molecule has 1 heterocycles. The Balaban J connectivity index is 1.98. The summed E-state index contributed by atoms with van der Waals surface area (Å²) in [6, 6.07) is 7.35. The van der Waals surface area contributed by atoms with Crippen molar-refractivity contribution in [3.8, 4) is 0 Å². The van der Waals surface area contributed by atoms with E-state index >= 15 is 0 Å². The minimum atomic E-state index is -0.339. The van der Waals surface area contributed by atoms with Crippen LogP contribution in [-0.2, 0) is 13.1 Å². The van der Waals surface area contributed by atoms with Crippen LogP contribution in [0, 0.1) is 17.0 Å². The summed E-state index contributed by atoms with van der Waals surface area (Å²) in [4.78, 5) is 11.7. The average Bonchev–Trinajstić information content (AvgIpc) is 2.77. The highest BCUT2D eigenvalue weighted by atomic mass is 79.9. The molecular weight excluding hydrogens is 328 g/mol. The van der Waals surface area contributed by atoms with Crippen LogP contribution < -0.4 is 5.32 Å². The van der Waals surface area contributed by atoms with Crippen molar-refractivity contribution in [3.05, 3.63) is 60.2 Å². The third-order valence-corrected chi connectivity index (χ3v) is 4.70. The molecular formula is C13H13BrN2O2S. The molecule has 0 amide bonds. The summed E-state index contributed by atoms with van der Waals surface area (Å²) in [5, 5.41) is 16.2. The summed E-state index contributed by atoms with van der Waals surface area (Å²) in [6.07, 6.45) is 0. The highest BCUT2D eigenvalue weighted by molar-refractivity contribution is 9.10. The number of hydrogen-bond donors (Lipinski definition) is 1. The zero-order chi connectivity index (χ0) is 13.8. The van der Waals surface area contributed by atoms with E-state index in [9.17, 15) is 10.1 Å². The fourth-order valence-corrected chi connectivity index (χ4v) is 3.20. The van der Waals surface area contributed by atoms with E-state index in [1.54, 1.807) is 30.4 Å². The highest BCUT2D eigenvalue weighted by Crippen LogP contribution is 2.23. The first-order valence-electron chi connectivity index (χ1n) is 5.74. The second kappa shape index (κ2) is 6.27. The minimum Gasteiger partial charge on any atom is -0.308 e. The smallest absolute Gasteiger partial charge is 0.272 e. The molecule has 0 spiro atoms. The van der Waals surface area contributed by atoms with Gasteiger partial charge in [-0.3, -0.25) is 10.1 Å². The van der Waals surface area contributed by atoms with Crippen molar-refractivity contribution >= 4 is 33.0 Å². The molecule has 2 aromatic rings. The molecule has 0 saturated carbocycles. The van der Waals surface area contributed by atoms with E-state index < -0.39 is 0 Å². The van der Waals surface area contributed by atoms with Gasteiger partial charge in [-0.1, -0.05) is 12.1 Å². The molecule has 0 aliphatic rings. The largest absolute Gasteiger partial charge is 0.308 e. The van der Waals surface area contributed by atoms with Gasteiger partial charge >= 0.3 is 0 Å². The molecule has 0 bridgehead atoms. The minimum absolute atomic E-state index is 0.177. The second-order valence-electron chi connectivity index (χ2n) is 4.17. The molecule has 0 radical (unpaired) electrons. The Hall–Kier alpha value is -1.24. The Labute approximate surface area is 123 Å². The molecule has 1 N–H and O–H groups in total. The first kappa shape index (κ1) is 14.2. The van der Waals surface area contributed by atoms with Crippen LogP contribution in [0.15, 0.2) is 34.1 Å². The first-order valence-corrected chi connectivity index (χ1v) is 7.41. The van der Waals surface area contributed by atoms with Gasteiger partial charge in [-0.15, -0.1) is 11.3 Å². The molecule has 0 atom stereocenters. The van der Waals surface area contributed by atoms with Gasteiger partial charge in [0, 0.05) is 34.1 Å². The van der Waals surface area contributed by atoms with Crippen molar-refractivity contribution in [2.24, 2.45) is 0 Å². The molecule has 1 aromatic heterocycles. The van der Waals surface area contributed by atoms with E-state index in [1.165, 1.54) is 4.88 Å². The lowest BCUT2D eigenvalue weighted by atomic mass is 10.1. The Morgan fingerprint density at radius 2 is 2.16 bits per heavy atom. The fraction of sp³-hybridized carbons (Fsp3) is 0.231. The van der Waals surface area contributed by atoms with E-state index in [4.69, 9.17) is 0 Å². The molecule has 2 rings (SSSR count). The molecule has 1 aromatic carbocycles. The third-order valence-electron chi connectivity index (χ3n) is 2.78. The molecule has 0 aliphatic heterocycles. The molecule has 100 valence electrons. The second-order valence-corrected chi connectivity index (χ2v) is 6.03. The summed E-state index contributed by atoms with van der Waals surface area (Å²) in [6.45, 7) is 3.11. The van der Waals surface area contributed by atoms with Crippen molar-refractivity contribution in [3.63, 3.8) is 0 Å². The molecule has 0 unspecified atom stereocenters. The zero-order valence-corrected chi connectivity index (χ0v) is 12.8. The summed E-state index contributed by atoms with van der Waals surface area (Å²) in [5.74, 6) is 0. The number of nitro benzene ring substituents is 1. The number of nitrogens with one attached hydrogen (secondary N) is 1. The van der Waals surface area contributed by atoms with E-state index in [0.717, 1.165) is 16.6 Å². The number of aryl methyl sites for hydroxylation is 1. The molecule has 0 saturated heterocycles. The lowest BCUT2D eigenvalue weighted by Gasteiger charge is -2.05. The van der Waals surface area contributed by atoms with Crippen LogP contribution in [0.1, 0.15) is 16.0 Å². The maximum absolute atomic E-state index is 10.9. The molecule has 0 fully saturated rings. The topological polar surface area (TPSA) is 55.2 Å². The number of halogens is 1. The van der Waals surface area contributed by atoms with E-state index in [0.29, 0.717) is 12.1 Å². The van der Waals surface area contributed by atoms with Crippen LogP contribution in [0.5, 0.6) is 0 Å². The Morgan fingerprint density at radius 1 is 1.37 bits per heavy atom. The average molecular weight is 341 g/mol. The van der Waals surface area contributed by atoms with E-state index in [1.807, 2.05) is 17.5 Å². The van der Waals surface area contributed by atoms with Gasteiger partial charge in [-0.05, 0) is 39.9 Å². The lowest BCUT2D eigenvalue weighted by molar-refractivity contribution is -0.385. The maximum atomic E-state index is 10.9. The number of nitrogens with zero attached hydrogens (tertiary/aromatic N) is 1. The van der Waals surface area contributed by atoms with Crippen LogP contribution in [0.2, 0.25) is 0 Å². The molecule has 0 aliphatic carbocycles. The molecule has 6 heteroatoms. The van der Waals surface area contributed by atoms with E-state index in [-0.39, 0.29) is 10.6 Å². The van der Waals surface area contributed by atoms with Gasteiger partial charge < -0.3 is 5.32 Å². The van der Waals surface area contributed by atoms with Crippen molar-refractivity contribution in [2.75, 3.05) is 0 Å². The monoisotopic (exact) mass is 340 g/mol. The summed E-state index contributed by atoms with van der Waals surface area (Å²) in [5.41, 5.74) is 1.79.